The monoisotopic (exact) mass is 328 g/mol. The Morgan fingerprint density at radius 1 is 1.29 bits per heavy atom. The van der Waals surface area contributed by atoms with E-state index in [2.05, 4.69) is 31.0 Å². The maximum atomic E-state index is 6.38. The molecule has 1 N–H and O–H groups in total. The third-order valence-electron chi connectivity index (χ3n) is 4.44. The molecule has 21 heavy (non-hydrogen) atoms. The minimum atomic E-state index is 0.276. The number of nitrogens with zero attached hydrogens (tertiary/aromatic N) is 1. The van der Waals surface area contributed by atoms with Gasteiger partial charge in [0.1, 0.15) is 0 Å². The van der Waals surface area contributed by atoms with Gasteiger partial charge < -0.3 is 5.32 Å². The van der Waals surface area contributed by atoms with E-state index in [0.717, 1.165) is 41.2 Å². The van der Waals surface area contributed by atoms with Crippen molar-refractivity contribution in [3.05, 3.63) is 33.8 Å². The lowest BCUT2D eigenvalue weighted by molar-refractivity contribution is 0.127. The molecule has 2 atom stereocenters. The Morgan fingerprint density at radius 3 is 2.67 bits per heavy atom. The maximum Gasteiger partial charge on any atom is 0.0454 e. The van der Waals surface area contributed by atoms with Crippen molar-refractivity contribution >= 4 is 23.2 Å². The van der Waals surface area contributed by atoms with Crippen molar-refractivity contribution in [1.82, 2.24) is 10.2 Å². The van der Waals surface area contributed by atoms with E-state index in [0.29, 0.717) is 6.04 Å². The van der Waals surface area contributed by atoms with E-state index in [-0.39, 0.29) is 6.04 Å². The first kappa shape index (κ1) is 17.1. The van der Waals surface area contributed by atoms with Crippen LogP contribution in [-0.2, 0) is 0 Å². The van der Waals surface area contributed by atoms with Crippen molar-refractivity contribution < 1.29 is 0 Å². The lowest BCUT2D eigenvalue weighted by atomic mass is 9.96. The molecule has 1 heterocycles. The van der Waals surface area contributed by atoms with Gasteiger partial charge in [0.2, 0.25) is 0 Å². The molecular formula is C17H26Cl2N2. The van der Waals surface area contributed by atoms with Crippen molar-refractivity contribution in [2.24, 2.45) is 5.92 Å². The van der Waals surface area contributed by atoms with Crippen LogP contribution in [-0.4, -0.2) is 30.6 Å². The average molecular weight is 329 g/mol. The Bertz CT molecular complexity index is 456. The predicted octanol–water partition coefficient (Wildman–Crippen LogP) is 4.76. The van der Waals surface area contributed by atoms with Gasteiger partial charge in [-0.25, -0.2) is 0 Å². The van der Waals surface area contributed by atoms with E-state index in [4.69, 9.17) is 23.2 Å². The van der Waals surface area contributed by atoms with Crippen LogP contribution in [0.4, 0.5) is 0 Å². The number of benzene rings is 1. The first-order chi connectivity index (χ1) is 9.99. The zero-order chi connectivity index (χ0) is 15.4. The Kier molecular flexibility index (Phi) is 6.36. The Labute approximate surface area is 138 Å². The van der Waals surface area contributed by atoms with Gasteiger partial charge in [0, 0.05) is 28.7 Å². The number of rotatable bonds is 5. The fourth-order valence-electron chi connectivity index (χ4n) is 3.21. The second-order valence-electron chi connectivity index (χ2n) is 6.34. The van der Waals surface area contributed by atoms with Crippen LogP contribution < -0.4 is 5.32 Å². The number of hydrogen-bond acceptors (Lipinski definition) is 2. The van der Waals surface area contributed by atoms with Crippen LogP contribution in [0.3, 0.4) is 0 Å². The summed E-state index contributed by atoms with van der Waals surface area (Å²) < 4.78 is 0. The summed E-state index contributed by atoms with van der Waals surface area (Å²) in [5.74, 6) is 0.724. The van der Waals surface area contributed by atoms with E-state index >= 15 is 0 Å². The summed E-state index contributed by atoms with van der Waals surface area (Å²) in [6, 6.07) is 6.51. The Morgan fingerprint density at radius 2 is 2.05 bits per heavy atom. The minimum absolute atomic E-state index is 0.276. The molecule has 2 rings (SSSR count). The standard InChI is InChI=1S/C17H26Cl2N2/c1-12(2)21(11-14-5-4-8-20-10-14)13(3)16-9-15(18)6-7-17(16)19/h6-7,9,12-14,20H,4-5,8,10-11H2,1-3H3. The zero-order valence-electron chi connectivity index (χ0n) is 13.2. The molecular weight excluding hydrogens is 303 g/mol. The number of halogens is 2. The molecule has 0 spiro atoms. The van der Waals surface area contributed by atoms with Crippen LogP contribution in [0.15, 0.2) is 18.2 Å². The number of nitrogens with one attached hydrogen (secondary N) is 1. The number of piperidine rings is 1. The highest BCUT2D eigenvalue weighted by atomic mass is 35.5. The van der Waals surface area contributed by atoms with Crippen molar-refractivity contribution in [3.63, 3.8) is 0 Å². The van der Waals surface area contributed by atoms with Gasteiger partial charge >= 0.3 is 0 Å². The SMILES string of the molecule is CC(C)N(CC1CCCNC1)C(C)c1cc(Cl)ccc1Cl. The number of hydrogen-bond donors (Lipinski definition) is 1. The van der Waals surface area contributed by atoms with Crippen LogP contribution in [0.5, 0.6) is 0 Å². The average Bonchev–Trinajstić information content (AvgIpc) is 2.47. The topological polar surface area (TPSA) is 15.3 Å². The highest BCUT2D eigenvalue weighted by Crippen LogP contribution is 2.32. The first-order valence-corrected chi connectivity index (χ1v) is 8.66. The summed E-state index contributed by atoms with van der Waals surface area (Å²) in [6.07, 6.45) is 2.59. The lowest BCUT2D eigenvalue weighted by Crippen LogP contribution is -2.42. The van der Waals surface area contributed by atoms with Gasteiger partial charge in [0.15, 0.2) is 0 Å². The summed E-state index contributed by atoms with van der Waals surface area (Å²) in [4.78, 5) is 2.54. The Balaban J connectivity index is 2.14. The van der Waals surface area contributed by atoms with E-state index < -0.39 is 0 Å². The van der Waals surface area contributed by atoms with Crippen molar-refractivity contribution in [2.45, 2.75) is 45.7 Å². The molecule has 0 saturated carbocycles. The highest BCUT2D eigenvalue weighted by molar-refractivity contribution is 6.33. The second-order valence-corrected chi connectivity index (χ2v) is 7.19. The van der Waals surface area contributed by atoms with Gasteiger partial charge in [0.25, 0.3) is 0 Å². The van der Waals surface area contributed by atoms with Gasteiger partial charge in [-0.15, -0.1) is 0 Å². The smallest absolute Gasteiger partial charge is 0.0454 e. The first-order valence-electron chi connectivity index (χ1n) is 7.90. The molecule has 2 nitrogen and oxygen atoms in total. The molecule has 0 radical (unpaired) electrons. The normalized spacial score (nSPS) is 21.0. The van der Waals surface area contributed by atoms with E-state index in [1.165, 1.54) is 12.8 Å². The maximum absolute atomic E-state index is 6.38. The second kappa shape index (κ2) is 7.82. The molecule has 1 aromatic rings. The molecule has 1 saturated heterocycles. The van der Waals surface area contributed by atoms with Crippen LogP contribution in [0, 0.1) is 5.92 Å². The minimum Gasteiger partial charge on any atom is -0.316 e. The largest absolute Gasteiger partial charge is 0.316 e. The van der Waals surface area contributed by atoms with Gasteiger partial charge in [-0.1, -0.05) is 23.2 Å². The molecule has 118 valence electrons. The molecule has 0 aliphatic carbocycles. The van der Waals surface area contributed by atoms with Crippen LogP contribution in [0.25, 0.3) is 0 Å². The molecule has 0 amide bonds. The summed E-state index contributed by atoms with van der Waals surface area (Å²) >= 11 is 12.5. The van der Waals surface area contributed by atoms with E-state index in [9.17, 15) is 0 Å². The van der Waals surface area contributed by atoms with Crippen LogP contribution in [0.2, 0.25) is 10.0 Å². The quantitative estimate of drug-likeness (QED) is 0.837. The van der Waals surface area contributed by atoms with Gasteiger partial charge in [-0.2, -0.15) is 0 Å². The molecule has 1 aliphatic rings. The molecule has 0 bridgehead atoms. The zero-order valence-corrected chi connectivity index (χ0v) is 14.7. The van der Waals surface area contributed by atoms with Crippen molar-refractivity contribution in [1.29, 1.82) is 0 Å². The molecule has 2 unspecified atom stereocenters. The molecule has 4 heteroatoms. The van der Waals surface area contributed by atoms with Gasteiger partial charge in [0.05, 0.1) is 0 Å². The third kappa shape index (κ3) is 4.59. The molecule has 1 fully saturated rings. The lowest BCUT2D eigenvalue weighted by Gasteiger charge is -2.37. The van der Waals surface area contributed by atoms with Crippen LogP contribution >= 0.6 is 23.2 Å². The fourth-order valence-corrected chi connectivity index (χ4v) is 3.66. The highest BCUT2D eigenvalue weighted by Gasteiger charge is 2.25. The molecule has 1 aromatic carbocycles. The van der Waals surface area contributed by atoms with Crippen molar-refractivity contribution in [3.8, 4) is 0 Å². The fraction of sp³-hybridized carbons (Fsp3) is 0.647. The van der Waals surface area contributed by atoms with Gasteiger partial charge in [-0.3, -0.25) is 4.90 Å². The molecule has 0 aromatic heterocycles. The van der Waals surface area contributed by atoms with Crippen molar-refractivity contribution in [2.75, 3.05) is 19.6 Å². The Hall–Kier alpha value is -0.280. The summed E-state index contributed by atoms with van der Waals surface area (Å²) in [5.41, 5.74) is 1.13. The summed E-state index contributed by atoms with van der Waals surface area (Å²) in [6.45, 7) is 10.1. The summed E-state index contributed by atoms with van der Waals surface area (Å²) in [7, 11) is 0. The van der Waals surface area contributed by atoms with Crippen LogP contribution in [0.1, 0.15) is 45.2 Å². The van der Waals surface area contributed by atoms with E-state index in [1.807, 2.05) is 18.2 Å². The summed E-state index contributed by atoms with van der Waals surface area (Å²) in [5, 5.41) is 5.06. The predicted molar refractivity (Wildman–Crippen MR) is 92.3 cm³/mol. The third-order valence-corrected chi connectivity index (χ3v) is 5.02. The van der Waals surface area contributed by atoms with Gasteiger partial charge in [-0.05, 0) is 76.4 Å². The molecule has 1 aliphatic heterocycles. The van der Waals surface area contributed by atoms with E-state index in [1.54, 1.807) is 0 Å².